The fourth-order valence-electron chi connectivity index (χ4n) is 7.03. The lowest BCUT2D eigenvalue weighted by Crippen LogP contribution is -2.53. The van der Waals surface area contributed by atoms with Crippen LogP contribution >= 0.6 is 0 Å². The van der Waals surface area contributed by atoms with E-state index in [0.29, 0.717) is 43.5 Å². The molecule has 0 bridgehead atoms. The molecule has 3 amide bonds. The highest BCUT2D eigenvalue weighted by Crippen LogP contribution is 2.53. The van der Waals surface area contributed by atoms with E-state index >= 15 is 0 Å². The van der Waals surface area contributed by atoms with Gasteiger partial charge in [0.1, 0.15) is 6.04 Å². The molecule has 3 aromatic rings. The van der Waals surface area contributed by atoms with Gasteiger partial charge in [-0.2, -0.15) is 5.10 Å². The first-order valence-corrected chi connectivity index (χ1v) is 14.6. The molecule has 1 saturated carbocycles. The van der Waals surface area contributed by atoms with Crippen LogP contribution < -0.4 is 10.2 Å². The normalized spacial score (nSPS) is 23.5. The molecule has 2 saturated heterocycles. The number of aliphatic hydroxyl groups is 3. The molecule has 1 aromatic heterocycles. The Morgan fingerprint density at radius 1 is 1.05 bits per heavy atom. The lowest BCUT2D eigenvalue weighted by atomic mass is 9.88. The molecule has 0 radical (unpaired) electrons. The number of anilines is 1. The van der Waals surface area contributed by atoms with Crippen LogP contribution in [0.3, 0.4) is 0 Å². The Balaban J connectivity index is 1.09. The molecule has 2 aromatic carbocycles. The van der Waals surface area contributed by atoms with E-state index in [2.05, 4.69) is 23.3 Å². The smallest absolute Gasteiger partial charge is 0.282 e. The van der Waals surface area contributed by atoms with Crippen molar-refractivity contribution in [3.05, 3.63) is 59.4 Å². The quantitative estimate of drug-likeness (QED) is 0.246. The number of amides is 3. The predicted molar refractivity (Wildman–Crippen MR) is 152 cm³/mol. The minimum absolute atomic E-state index is 0.183. The first-order chi connectivity index (χ1) is 20.0. The van der Waals surface area contributed by atoms with Crippen molar-refractivity contribution in [2.24, 2.45) is 5.41 Å². The van der Waals surface area contributed by atoms with Crippen molar-refractivity contribution in [3.63, 3.8) is 0 Å². The molecular formula is C31H35N5O6. The van der Waals surface area contributed by atoms with Gasteiger partial charge in [0.2, 0.25) is 11.8 Å². The number of aromatic nitrogens is 2. The molecule has 1 unspecified atom stereocenters. The Hall–Kier alpha value is -3.64. The number of carbonyl (C=O) groups excluding carboxylic acids is 3. The summed E-state index contributed by atoms with van der Waals surface area (Å²) in [6.45, 7) is 4.20. The number of hydrogen-bond acceptors (Lipinski definition) is 8. The molecule has 3 fully saturated rings. The van der Waals surface area contributed by atoms with Crippen LogP contribution in [-0.4, -0.2) is 79.4 Å². The lowest BCUT2D eigenvalue weighted by molar-refractivity contribution is -0.353. The summed E-state index contributed by atoms with van der Waals surface area (Å²) in [5, 5.41) is 38.2. The van der Waals surface area contributed by atoms with Gasteiger partial charge >= 0.3 is 0 Å². The number of likely N-dealkylation sites (tertiary alicyclic amines) is 1. The van der Waals surface area contributed by atoms with Crippen LogP contribution in [0, 0.1) is 5.41 Å². The van der Waals surface area contributed by atoms with Crippen LogP contribution in [0.2, 0.25) is 0 Å². The second-order valence-electron chi connectivity index (χ2n) is 12.8. The first kappa shape index (κ1) is 27.2. The monoisotopic (exact) mass is 573 g/mol. The van der Waals surface area contributed by atoms with Gasteiger partial charge < -0.3 is 20.2 Å². The molecule has 4 heterocycles. The number of nitrogens with zero attached hydrogens (tertiary/aromatic N) is 4. The Bertz CT molecular complexity index is 1610. The number of rotatable bonds is 7. The summed E-state index contributed by atoms with van der Waals surface area (Å²) < 4.78 is 2.04. The van der Waals surface area contributed by atoms with Gasteiger partial charge in [-0.3, -0.25) is 29.3 Å². The summed E-state index contributed by atoms with van der Waals surface area (Å²) in [6.07, 6.45) is 8.01. The zero-order valence-corrected chi connectivity index (χ0v) is 23.5. The highest BCUT2D eigenvalue weighted by Gasteiger charge is 2.59. The molecule has 11 heteroatoms. The van der Waals surface area contributed by atoms with Crippen molar-refractivity contribution in [1.29, 1.82) is 0 Å². The van der Waals surface area contributed by atoms with Gasteiger partial charge in [0.15, 0.2) is 0 Å². The average molecular weight is 574 g/mol. The van der Waals surface area contributed by atoms with Gasteiger partial charge in [-0.05, 0) is 67.7 Å². The molecular weight excluding hydrogens is 538 g/mol. The third-order valence-electron chi connectivity index (χ3n) is 9.95. The lowest BCUT2D eigenvalue weighted by Gasteiger charge is -2.41. The second-order valence-corrected chi connectivity index (χ2v) is 12.8. The van der Waals surface area contributed by atoms with Gasteiger partial charge in [0.05, 0.1) is 22.8 Å². The molecule has 1 atom stereocenters. The molecule has 1 aliphatic carbocycles. The number of benzene rings is 2. The number of hydrogen-bond donors (Lipinski definition) is 4. The topological polar surface area (TPSA) is 148 Å². The largest absolute Gasteiger partial charge is 0.343 e. The molecule has 42 heavy (non-hydrogen) atoms. The Kier molecular flexibility index (Phi) is 6.11. The number of imide groups is 1. The fraction of sp³-hybridized carbons (Fsp3) is 0.484. The fourth-order valence-corrected chi connectivity index (χ4v) is 7.03. The predicted octanol–water partition coefficient (Wildman–Crippen LogP) is 1.61. The van der Waals surface area contributed by atoms with Crippen molar-refractivity contribution >= 4 is 34.2 Å². The summed E-state index contributed by atoms with van der Waals surface area (Å²) >= 11 is 0. The summed E-state index contributed by atoms with van der Waals surface area (Å²) in [7, 11) is 0. The van der Waals surface area contributed by atoms with Crippen LogP contribution in [0.15, 0.2) is 42.7 Å². The van der Waals surface area contributed by atoms with E-state index in [9.17, 15) is 29.7 Å². The van der Waals surface area contributed by atoms with Gasteiger partial charge in [-0.15, -0.1) is 0 Å². The summed E-state index contributed by atoms with van der Waals surface area (Å²) in [5.74, 6) is -3.60. The zero-order chi connectivity index (χ0) is 29.4. The van der Waals surface area contributed by atoms with Gasteiger partial charge in [0, 0.05) is 49.6 Å². The highest BCUT2D eigenvalue weighted by molar-refractivity contribution is 6.27. The van der Waals surface area contributed by atoms with Crippen LogP contribution in [0.1, 0.15) is 66.9 Å². The Morgan fingerprint density at radius 2 is 1.81 bits per heavy atom. The van der Waals surface area contributed by atoms with Gasteiger partial charge in [-0.25, -0.2) is 0 Å². The van der Waals surface area contributed by atoms with Gasteiger partial charge in [0.25, 0.3) is 11.9 Å². The average Bonchev–Trinajstić information content (AvgIpc) is 3.50. The summed E-state index contributed by atoms with van der Waals surface area (Å²) in [4.78, 5) is 41.5. The van der Waals surface area contributed by atoms with Gasteiger partial charge in [-0.1, -0.05) is 18.2 Å². The van der Waals surface area contributed by atoms with E-state index in [-0.39, 0.29) is 23.8 Å². The third kappa shape index (κ3) is 4.34. The molecule has 3 aliphatic heterocycles. The van der Waals surface area contributed by atoms with Crippen molar-refractivity contribution < 1.29 is 29.7 Å². The van der Waals surface area contributed by atoms with Crippen LogP contribution in [0.4, 0.5) is 5.69 Å². The zero-order valence-electron chi connectivity index (χ0n) is 23.5. The molecule has 4 N–H and O–H groups in total. The minimum Gasteiger partial charge on any atom is -0.343 e. The van der Waals surface area contributed by atoms with Crippen molar-refractivity contribution in [2.45, 2.75) is 69.4 Å². The molecule has 0 spiro atoms. The maximum Gasteiger partial charge on any atom is 0.282 e. The van der Waals surface area contributed by atoms with Crippen LogP contribution in [0.5, 0.6) is 0 Å². The second kappa shape index (κ2) is 9.43. The SMILES string of the molecule is CC1(n2cc(Cc3ccc4c5c(cccc35)C(=O)N4C3CCC(=O)NC3=O)cn2)CCN(CC2(C(O)(O)O)CC2)CC1. The summed E-state index contributed by atoms with van der Waals surface area (Å²) in [6, 6.07) is 8.87. The van der Waals surface area contributed by atoms with Crippen molar-refractivity contribution in [3.8, 4) is 0 Å². The third-order valence-corrected chi connectivity index (χ3v) is 9.95. The Morgan fingerprint density at radius 3 is 2.50 bits per heavy atom. The Labute approximate surface area is 242 Å². The summed E-state index contributed by atoms with van der Waals surface area (Å²) in [5.41, 5.74) is 2.35. The molecule has 220 valence electrons. The van der Waals surface area contributed by atoms with E-state index in [4.69, 9.17) is 5.10 Å². The van der Waals surface area contributed by atoms with Crippen LogP contribution in [-0.2, 0) is 21.5 Å². The molecule has 11 nitrogen and oxygen atoms in total. The highest BCUT2D eigenvalue weighted by atomic mass is 16.7. The van der Waals surface area contributed by atoms with E-state index in [1.807, 2.05) is 35.1 Å². The van der Waals surface area contributed by atoms with E-state index in [1.165, 1.54) is 0 Å². The molecule has 7 rings (SSSR count). The van der Waals surface area contributed by atoms with E-state index < -0.39 is 23.3 Å². The van der Waals surface area contributed by atoms with Crippen LogP contribution in [0.25, 0.3) is 10.8 Å². The van der Waals surface area contributed by atoms with E-state index in [1.54, 1.807) is 11.0 Å². The van der Waals surface area contributed by atoms with E-state index in [0.717, 1.165) is 47.8 Å². The molecule has 4 aliphatic rings. The standard InChI is InChI=1S/C31H35N5O6/c1-29(11-13-34(14-12-29)18-30(9-10-30)31(40,41)42)35-17-19(16-32-35)15-20-5-6-23-26-21(20)3-2-4-22(26)28(39)36(23)24-7-8-25(37)33-27(24)38/h2-6,16-17,24,40-42H,7-15,18H2,1H3,(H,33,37,38). The maximum absolute atomic E-state index is 13.4. The number of piperidine rings is 2. The minimum atomic E-state index is -2.64. The first-order valence-electron chi connectivity index (χ1n) is 14.6. The number of carbonyl (C=O) groups is 3. The number of nitrogens with one attached hydrogen (secondary N) is 1. The van der Waals surface area contributed by atoms with Crippen molar-refractivity contribution in [2.75, 3.05) is 24.5 Å². The maximum atomic E-state index is 13.4. The van der Waals surface area contributed by atoms with Crippen molar-refractivity contribution in [1.82, 2.24) is 20.0 Å².